The van der Waals surface area contributed by atoms with Crippen LogP contribution in [0.1, 0.15) is 30.4 Å². The Morgan fingerprint density at radius 3 is 2.82 bits per heavy atom. The average Bonchev–Trinajstić information content (AvgIpc) is 3.24. The number of benzene rings is 1. The molecule has 4 rings (SSSR count). The van der Waals surface area contributed by atoms with Crippen molar-refractivity contribution in [2.75, 3.05) is 51.8 Å². The predicted octanol–water partition coefficient (Wildman–Crippen LogP) is 2.64. The molecule has 0 amide bonds. The van der Waals surface area contributed by atoms with Gasteiger partial charge in [0.1, 0.15) is 6.10 Å². The summed E-state index contributed by atoms with van der Waals surface area (Å²) in [5, 5.41) is 3.55. The maximum absolute atomic E-state index is 5.97. The first-order valence-corrected chi connectivity index (χ1v) is 10.3. The molecule has 1 aromatic rings. The zero-order valence-corrected chi connectivity index (χ0v) is 19.4. The molecule has 1 N–H and O–H groups in total. The molecule has 156 valence electrons. The van der Waals surface area contributed by atoms with Gasteiger partial charge in [0.15, 0.2) is 5.96 Å². The number of anilines is 1. The van der Waals surface area contributed by atoms with Crippen molar-refractivity contribution in [2.45, 2.75) is 44.4 Å². The lowest BCUT2D eigenvalue weighted by molar-refractivity contribution is -0.0817. The maximum Gasteiger partial charge on any atom is 0.194 e. The van der Waals surface area contributed by atoms with E-state index in [0.29, 0.717) is 0 Å². The number of guanidine groups is 1. The van der Waals surface area contributed by atoms with Crippen LogP contribution in [0.4, 0.5) is 5.69 Å². The van der Waals surface area contributed by atoms with Crippen molar-refractivity contribution in [3.8, 4) is 0 Å². The first kappa shape index (κ1) is 21.6. The highest BCUT2D eigenvalue weighted by Crippen LogP contribution is 2.27. The molecule has 2 fully saturated rings. The number of nitrogens with one attached hydrogen (secondary N) is 1. The van der Waals surface area contributed by atoms with Crippen LogP contribution in [0.25, 0.3) is 0 Å². The Morgan fingerprint density at radius 1 is 1.18 bits per heavy atom. The van der Waals surface area contributed by atoms with Gasteiger partial charge in [-0.2, -0.15) is 0 Å². The monoisotopic (exact) mass is 500 g/mol. The molecule has 0 aliphatic carbocycles. The Hall–Kier alpha value is -1.06. The number of fused-ring (bicyclic) bond motifs is 1. The van der Waals surface area contributed by atoms with Crippen LogP contribution in [-0.4, -0.2) is 70.0 Å². The van der Waals surface area contributed by atoms with E-state index in [9.17, 15) is 0 Å². The van der Waals surface area contributed by atoms with E-state index in [1.54, 1.807) is 0 Å². The van der Waals surface area contributed by atoms with Crippen molar-refractivity contribution in [3.05, 3.63) is 29.3 Å². The molecule has 0 spiro atoms. The van der Waals surface area contributed by atoms with E-state index in [-0.39, 0.29) is 36.2 Å². The summed E-state index contributed by atoms with van der Waals surface area (Å²) in [5.41, 5.74) is 4.15. The summed E-state index contributed by atoms with van der Waals surface area (Å²) in [6.07, 6.45) is 5.05. The van der Waals surface area contributed by atoms with Gasteiger partial charge in [0.25, 0.3) is 0 Å². The number of aryl methyl sites for hydroxylation is 1. The second kappa shape index (κ2) is 10.1. The number of ether oxygens (including phenoxy) is 2. The highest BCUT2D eigenvalue weighted by molar-refractivity contribution is 14.0. The van der Waals surface area contributed by atoms with Crippen LogP contribution in [0, 0.1) is 0 Å². The summed E-state index contributed by atoms with van der Waals surface area (Å²) in [5.74, 6) is 0.955. The summed E-state index contributed by atoms with van der Waals surface area (Å²) in [4.78, 5) is 9.18. The number of aliphatic imine (C=N–C) groups is 1. The van der Waals surface area contributed by atoms with E-state index in [4.69, 9.17) is 9.47 Å². The number of rotatable bonds is 3. The lowest BCUT2D eigenvalue weighted by Gasteiger charge is -2.37. The molecular formula is C21H33IN4O2. The minimum atomic E-state index is 0. The molecule has 1 aromatic carbocycles. The molecule has 3 heterocycles. The minimum Gasteiger partial charge on any atom is -0.375 e. The van der Waals surface area contributed by atoms with E-state index in [2.05, 4.69) is 45.4 Å². The third-order valence-corrected chi connectivity index (χ3v) is 5.93. The molecule has 7 heteroatoms. The number of hydrogen-bond donors (Lipinski definition) is 1. The highest BCUT2D eigenvalue weighted by Gasteiger charge is 2.32. The molecule has 0 saturated carbocycles. The normalized spacial score (nSPS) is 25.3. The van der Waals surface area contributed by atoms with Crippen molar-refractivity contribution in [1.82, 2.24) is 10.2 Å². The standard InChI is InChI=1S/C21H32N4O2.HI/c1-22-21(25-10-12-27-20(15-25)19-6-4-11-26-19)23-14-16-7-8-18-17(13-16)5-3-9-24(18)2;/h7-8,13,19-20H,3-6,9-12,14-15H2,1-2H3,(H,22,23);1H. The first-order valence-electron chi connectivity index (χ1n) is 10.3. The fourth-order valence-corrected chi connectivity index (χ4v) is 4.45. The number of morpholine rings is 1. The van der Waals surface area contributed by atoms with Gasteiger partial charge in [0.05, 0.1) is 12.7 Å². The number of hydrogen-bond acceptors (Lipinski definition) is 4. The quantitative estimate of drug-likeness (QED) is 0.393. The van der Waals surface area contributed by atoms with Crippen LogP contribution in [0.3, 0.4) is 0 Å². The summed E-state index contributed by atoms with van der Waals surface area (Å²) in [7, 11) is 4.04. The predicted molar refractivity (Wildman–Crippen MR) is 124 cm³/mol. The van der Waals surface area contributed by atoms with Crippen LogP contribution in [0.2, 0.25) is 0 Å². The van der Waals surface area contributed by atoms with Gasteiger partial charge in [-0.05, 0) is 42.9 Å². The van der Waals surface area contributed by atoms with Gasteiger partial charge in [-0.1, -0.05) is 12.1 Å². The fraction of sp³-hybridized carbons (Fsp3) is 0.667. The molecule has 0 aromatic heterocycles. The summed E-state index contributed by atoms with van der Waals surface area (Å²) in [6.45, 7) is 5.27. The van der Waals surface area contributed by atoms with Crippen molar-refractivity contribution in [1.29, 1.82) is 0 Å². The van der Waals surface area contributed by atoms with E-state index in [1.807, 2.05) is 7.05 Å². The molecule has 3 aliphatic heterocycles. The van der Waals surface area contributed by atoms with Crippen molar-refractivity contribution in [2.24, 2.45) is 4.99 Å². The Kier molecular flexibility index (Phi) is 7.82. The van der Waals surface area contributed by atoms with E-state index < -0.39 is 0 Å². The molecule has 2 atom stereocenters. The Bertz CT molecular complexity index is 678. The van der Waals surface area contributed by atoms with Gasteiger partial charge in [-0.25, -0.2) is 0 Å². The molecule has 2 unspecified atom stereocenters. The summed E-state index contributed by atoms with van der Waals surface area (Å²) in [6, 6.07) is 6.84. The number of halogens is 1. The smallest absolute Gasteiger partial charge is 0.194 e. The highest BCUT2D eigenvalue weighted by atomic mass is 127. The molecule has 0 bridgehead atoms. The Balaban J connectivity index is 0.00000225. The molecule has 6 nitrogen and oxygen atoms in total. The van der Waals surface area contributed by atoms with E-state index >= 15 is 0 Å². The fourth-order valence-electron chi connectivity index (χ4n) is 4.45. The van der Waals surface area contributed by atoms with E-state index in [0.717, 1.165) is 58.2 Å². The number of nitrogens with zero attached hydrogens (tertiary/aromatic N) is 3. The van der Waals surface area contributed by atoms with Gasteiger partial charge >= 0.3 is 0 Å². The average molecular weight is 500 g/mol. The largest absolute Gasteiger partial charge is 0.375 e. The second-order valence-electron chi connectivity index (χ2n) is 7.80. The van der Waals surface area contributed by atoms with Crippen molar-refractivity contribution in [3.63, 3.8) is 0 Å². The van der Waals surface area contributed by atoms with Gasteiger partial charge in [-0.15, -0.1) is 24.0 Å². The van der Waals surface area contributed by atoms with Gasteiger partial charge in [0.2, 0.25) is 0 Å². The zero-order valence-electron chi connectivity index (χ0n) is 17.0. The van der Waals surface area contributed by atoms with Crippen LogP contribution in [0.5, 0.6) is 0 Å². The Morgan fingerprint density at radius 2 is 2.04 bits per heavy atom. The van der Waals surface area contributed by atoms with Gasteiger partial charge in [-0.3, -0.25) is 4.99 Å². The molecule has 3 aliphatic rings. The maximum atomic E-state index is 5.97. The topological polar surface area (TPSA) is 49.3 Å². The van der Waals surface area contributed by atoms with Crippen LogP contribution in [0.15, 0.2) is 23.2 Å². The minimum absolute atomic E-state index is 0. The molecule has 28 heavy (non-hydrogen) atoms. The van der Waals surface area contributed by atoms with Crippen LogP contribution < -0.4 is 10.2 Å². The third-order valence-electron chi connectivity index (χ3n) is 5.93. The lowest BCUT2D eigenvalue weighted by Crippen LogP contribution is -2.53. The van der Waals surface area contributed by atoms with Crippen molar-refractivity contribution < 1.29 is 9.47 Å². The zero-order chi connectivity index (χ0) is 18.6. The van der Waals surface area contributed by atoms with Gasteiger partial charge in [0, 0.05) is 52.6 Å². The SMILES string of the molecule is CN=C(NCc1ccc2c(c1)CCCN2C)N1CCOC(C2CCCO2)C1.I. The van der Waals surface area contributed by atoms with E-state index in [1.165, 1.54) is 29.7 Å². The molecule has 2 saturated heterocycles. The summed E-state index contributed by atoms with van der Waals surface area (Å²) < 4.78 is 11.8. The lowest BCUT2D eigenvalue weighted by atomic mass is 9.99. The van der Waals surface area contributed by atoms with Gasteiger partial charge < -0.3 is 24.6 Å². The summed E-state index contributed by atoms with van der Waals surface area (Å²) >= 11 is 0. The van der Waals surface area contributed by atoms with Crippen LogP contribution in [-0.2, 0) is 22.4 Å². The van der Waals surface area contributed by atoms with Crippen molar-refractivity contribution >= 4 is 35.6 Å². The third kappa shape index (κ3) is 4.91. The van der Waals surface area contributed by atoms with Crippen LogP contribution >= 0.6 is 24.0 Å². The second-order valence-corrected chi connectivity index (χ2v) is 7.80. The molecular weight excluding hydrogens is 467 g/mol. The molecule has 0 radical (unpaired) electrons. The Labute approximate surface area is 185 Å². The first-order chi connectivity index (χ1) is 13.2.